The van der Waals surface area contributed by atoms with Gasteiger partial charge in [0.25, 0.3) is 0 Å². The summed E-state index contributed by atoms with van der Waals surface area (Å²) in [5, 5.41) is 28.8. The number of aryl methyl sites for hydroxylation is 2. The Labute approximate surface area is 99.6 Å². The highest BCUT2D eigenvalue weighted by molar-refractivity contribution is 5.77. The van der Waals surface area contributed by atoms with Gasteiger partial charge in [0.1, 0.15) is 17.2 Å². The van der Waals surface area contributed by atoms with E-state index >= 15 is 0 Å². The second kappa shape index (κ2) is 4.01. The zero-order valence-electron chi connectivity index (χ0n) is 9.73. The van der Waals surface area contributed by atoms with Gasteiger partial charge in [-0.15, -0.1) is 0 Å². The van der Waals surface area contributed by atoms with Gasteiger partial charge in [0, 0.05) is 12.1 Å². The van der Waals surface area contributed by atoms with Crippen molar-refractivity contribution < 1.29 is 15.3 Å². The van der Waals surface area contributed by atoms with Gasteiger partial charge in [0.2, 0.25) is 0 Å². The highest BCUT2D eigenvalue weighted by atomic mass is 16.3. The molecule has 0 bridgehead atoms. The molecule has 0 heterocycles. The molecular formula is C14H14O3. The summed E-state index contributed by atoms with van der Waals surface area (Å²) >= 11 is 0. The zero-order valence-corrected chi connectivity index (χ0v) is 9.73. The van der Waals surface area contributed by atoms with E-state index in [0.717, 1.165) is 16.7 Å². The molecule has 0 spiro atoms. The molecule has 3 nitrogen and oxygen atoms in total. The summed E-state index contributed by atoms with van der Waals surface area (Å²) in [7, 11) is 0. The Bertz CT molecular complexity index is 551. The normalized spacial score (nSPS) is 10.5. The predicted octanol–water partition coefficient (Wildman–Crippen LogP) is 3.09. The molecule has 0 amide bonds. The molecule has 0 radical (unpaired) electrons. The van der Waals surface area contributed by atoms with Crippen molar-refractivity contribution in [3.05, 3.63) is 41.5 Å². The van der Waals surface area contributed by atoms with E-state index < -0.39 is 0 Å². The van der Waals surface area contributed by atoms with Gasteiger partial charge >= 0.3 is 0 Å². The van der Waals surface area contributed by atoms with Crippen molar-refractivity contribution in [2.45, 2.75) is 13.8 Å². The minimum absolute atomic E-state index is 0.134. The summed E-state index contributed by atoms with van der Waals surface area (Å²) < 4.78 is 0. The highest BCUT2D eigenvalue weighted by Gasteiger charge is 2.12. The van der Waals surface area contributed by atoms with Gasteiger partial charge in [0.05, 0.1) is 5.56 Å². The Morgan fingerprint density at radius 1 is 0.765 bits per heavy atom. The Balaban J connectivity index is 2.64. The second-order valence-electron chi connectivity index (χ2n) is 4.16. The van der Waals surface area contributed by atoms with Crippen LogP contribution in [0.15, 0.2) is 30.3 Å². The summed E-state index contributed by atoms with van der Waals surface area (Å²) in [4.78, 5) is 0. The monoisotopic (exact) mass is 230 g/mol. The fourth-order valence-electron chi connectivity index (χ4n) is 1.79. The van der Waals surface area contributed by atoms with Gasteiger partial charge in [-0.05, 0) is 30.5 Å². The number of rotatable bonds is 1. The fraction of sp³-hybridized carbons (Fsp3) is 0.143. The van der Waals surface area contributed by atoms with Crippen molar-refractivity contribution in [3.8, 4) is 28.4 Å². The van der Waals surface area contributed by atoms with E-state index in [1.54, 1.807) is 0 Å². The van der Waals surface area contributed by atoms with Crippen LogP contribution in [0.25, 0.3) is 11.1 Å². The molecular weight excluding hydrogens is 216 g/mol. The van der Waals surface area contributed by atoms with Crippen LogP contribution in [0.2, 0.25) is 0 Å². The molecule has 0 aliphatic heterocycles. The second-order valence-corrected chi connectivity index (χ2v) is 4.16. The van der Waals surface area contributed by atoms with Gasteiger partial charge in [0.15, 0.2) is 0 Å². The zero-order chi connectivity index (χ0) is 12.6. The molecule has 0 fully saturated rings. The molecule has 2 rings (SSSR count). The van der Waals surface area contributed by atoms with Crippen molar-refractivity contribution in [2.75, 3.05) is 0 Å². The molecule has 3 N–H and O–H groups in total. The average molecular weight is 230 g/mol. The average Bonchev–Trinajstić information content (AvgIpc) is 2.21. The molecule has 0 saturated heterocycles. The van der Waals surface area contributed by atoms with Crippen LogP contribution in [-0.2, 0) is 0 Å². The Morgan fingerprint density at radius 2 is 1.35 bits per heavy atom. The first-order chi connectivity index (χ1) is 7.99. The molecule has 3 heteroatoms. The van der Waals surface area contributed by atoms with Crippen LogP contribution in [-0.4, -0.2) is 15.3 Å². The lowest BCUT2D eigenvalue weighted by Gasteiger charge is -2.10. The van der Waals surface area contributed by atoms with Crippen LogP contribution in [0.5, 0.6) is 17.2 Å². The van der Waals surface area contributed by atoms with Crippen molar-refractivity contribution in [3.63, 3.8) is 0 Å². The molecule has 0 aliphatic carbocycles. The van der Waals surface area contributed by atoms with Gasteiger partial charge in [-0.25, -0.2) is 0 Å². The standard InChI is InChI=1S/C14H14O3/c1-8-3-4-10(5-9(8)2)14-12(16)6-11(15)7-13(14)17/h3-7,15-17H,1-2H3. The first-order valence-electron chi connectivity index (χ1n) is 5.31. The molecule has 2 aromatic carbocycles. The number of hydrogen-bond acceptors (Lipinski definition) is 3. The van der Waals surface area contributed by atoms with Gasteiger partial charge in [-0.3, -0.25) is 0 Å². The number of phenols is 3. The Kier molecular flexibility index (Phi) is 2.68. The van der Waals surface area contributed by atoms with Gasteiger partial charge in [-0.1, -0.05) is 18.2 Å². The third kappa shape index (κ3) is 2.04. The highest BCUT2D eigenvalue weighted by Crippen LogP contribution is 2.40. The van der Waals surface area contributed by atoms with Crippen LogP contribution in [0.3, 0.4) is 0 Å². The van der Waals surface area contributed by atoms with Crippen molar-refractivity contribution in [1.82, 2.24) is 0 Å². The first kappa shape index (κ1) is 11.3. The molecule has 0 saturated carbocycles. The smallest absolute Gasteiger partial charge is 0.130 e. The number of hydrogen-bond donors (Lipinski definition) is 3. The van der Waals surface area contributed by atoms with Crippen molar-refractivity contribution in [1.29, 1.82) is 0 Å². The van der Waals surface area contributed by atoms with Crippen LogP contribution in [0.1, 0.15) is 11.1 Å². The third-order valence-electron chi connectivity index (χ3n) is 2.88. The lowest BCUT2D eigenvalue weighted by Crippen LogP contribution is -1.85. The van der Waals surface area contributed by atoms with E-state index in [0.29, 0.717) is 5.56 Å². The van der Waals surface area contributed by atoms with E-state index in [1.165, 1.54) is 12.1 Å². The molecule has 0 aliphatic rings. The summed E-state index contributed by atoms with van der Waals surface area (Å²) in [5.41, 5.74) is 3.29. The molecule has 2 aromatic rings. The molecule has 0 aromatic heterocycles. The topological polar surface area (TPSA) is 60.7 Å². The maximum atomic E-state index is 9.77. The van der Waals surface area contributed by atoms with Gasteiger partial charge in [-0.2, -0.15) is 0 Å². The third-order valence-corrected chi connectivity index (χ3v) is 2.88. The maximum Gasteiger partial charge on any atom is 0.130 e. The summed E-state index contributed by atoms with van der Waals surface area (Å²) in [6.45, 7) is 3.96. The van der Waals surface area contributed by atoms with Crippen molar-refractivity contribution in [2.24, 2.45) is 0 Å². The summed E-state index contributed by atoms with van der Waals surface area (Å²) in [6, 6.07) is 8.07. The van der Waals surface area contributed by atoms with Crippen LogP contribution >= 0.6 is 0 Å². The Hall–Kier alpha value is -2.16. The SMILES string of the molecule is Cc1ccc(-c2c(O)cc(O)cc2O)cc1C. The minimum Gasteiger partial charge on any atom is -0.508 e. The molecule has 0 unspecified atom stereocenters. The lowest BCUT2D eigenvalue weighted by atomic mass is 9.99. The van der Waals surface area contributed by atoms with Crippen LogP contribution in [0.4, 0.5) is 0 Å². The van der Waals surface area contributed by atoms with Crippen LogP contribution in [0, 0.1) is 13.8 Å². The predicted molar refractivity (Wildman–Crippen MR) is 66.3 cm³/mol. The quantitative estimate of drug-likeness (QED) is 0.705. The van der Waals surface area contributed by atoms with E-state index in [9.17, 15) is 15.3 Å². The summed E-state index contributed by atoms with van der Waals surface area (Å²) in [6.07, 6.45) is 0. The fourth-order valence-corrected chi connectivity index (χ4v) is 1.79. The largest absolute Gasteiger partial charge is 0.508 e. The van der Waals surface area contributed by atoms with Crippen molar-refractivity contribution >= 4 is 0 Å². The number of aromatic hydroxyl groups is 3. The lowest BCUT2D eigenvalue weighted by molar-refractivity contribution is 0.430. The number of benzene rings is 2. The van der Waals surface area contributed by atoms with E-state index in [-0.39, 0.29) is 17.2 Å². The van der Waals surface area contributed by atoms with E-state index in [2.05, 4.69) is 0 Å². The molecule has 0 atom stereocenters. The number of phenolic OH excluding ortho intramolecular Hbond substituents is 3. The first-order valence-corrected chi connectivity index (χ1v) is 5.31. The minimum atomic E-state index is -0.160. The van der Waals surface area contributed by atoms with E-state index in [1.807, 2.05) is 32.0 Å². The maximum absolute atomic E-state index is 9.77. The van der Waals surface area contributed by atoms with E-state index in [4.69, 9.17) is 0 Å². The molecule has 88 valence electrons. The molecule has 17 heavy (non-hydrogen) atoms. The Morgan fingerprint density at radius 3 is 1.88 bits per heavy atom. The van der Waals surface area contributed by atoms with Crippen LogP contribution < -0.4 is 0 Å². The van der Waals surface area contributed by atoms with Gasteiger partial charge < -0.3 is 15.3 Å². The summed E-state index contributed by atoms with van der Waals surface area (Å²) in [5.74, 6) is -0.427.